The van der Waals surface area contributed by atoms with E-state index >= 15 is 0 Å². The smallest absolute Gasteiger partial charge is 2.00 e. The van der Waals surface area contributed by atoms with Crippen molar-refractivity contribution in [3.05, 3.63) is 0 Å². The summed E-state index contributed by atoms with van der Waals surface area (Å²) in [6.07, 6.45) is 0. The van der Waals surface area contributed by atoms with Crippen molar-refractivity contribution in [2.75, 3.05) is 0 Å². The van der Waals surface area contributed by atoms with E-state index in [0.717, 1.165) is 0 Å². The van der Waals surface area contributed by atoms with E-state index in [1.165, 1.54) is 0 Å². The van der Waals surface area contributed by atoms with Gasteiger partial charge in [0.15, 0.2) is 0 Å². The predicted octanol–water partition coefficient (Wildman–Crippen LogP) is -0.740. The quantitative estimate of drug-likeness (QED) is 0.520. The number of hydrogen-bond acceptors (Lipinski definition) is 0. The molecule has 0 aliphatic heterocycles. The summed E-state index contributed by atoms with van der Waals surface area (Å²) in [5.41, 5.74) is 0. The molecule has 2 radical (unpaired) electrons. The van der Waals surface area contributed by atoms with Crippen molar-refractivity contribution in [1.82, 2.24) is 0 Å². The molecule has 0 saturated carbocycles. The second-order valence-corrected chi connectivity index (χ2v) is 0. The zero-order valence-corrected chi connectivity index (χ0v) is 6.38. The van der Waals surface area contributed by atoms with Crippen LogP contribution in [0.15, 0.2) is 0 Å². The molecule has 0 aromatic carbocycles. The van der Waals surface area contributed by atoms with Crippen molar-refractivity contribution < 1.29 is 37.5 Å². The van der Waals surface area contributed by atoms with Gasteiger partial charge in [-0.25, -0.2) is 0 Å². The molecule has 3 nitrogen and oxygen atoms in total. The molecule has 0 spiro atoms. The van der Waals surface area contributed by atoms with Crippen molar-refractivity contribution in [2.24, 2.45) is 0 Å². The normalized spacial score (nSPS) is 0. The summed E-state index contributed by atoms with van der Waals surface area (Å²) in [6.45, 7) is 0. The monoisotopic (exact) mass is 276 g/mol. The maximum atomic E-state index is 0. The summed E-state index contributed by atoms with van der Waals surface area (Å²) in [4.78, 5) is 0. The molecule has 0 fully saturated rings. The molecular weight excluding hydrogens is 272 g/mol. The van der Waals surface area contributed by atoms with Crippen LogP contribution in [0.4, 0.5) is 0 Å². The Morgan fingerprint density at radius 1 is 0.600 bits per heavy atom. The van der Waals surface area contributed by atoms with Gasteiger partial charge < -0.3 is 16.4 Å². The molecule has 0 aliphatic rings. The molecule has 0 saturated heterocycles. The standard InChI is InChI=1S/Mo.3O.Te/q+6;3*-2;. The topological polar surface area (TPSA) is 85.5 Å². The molecule has 0 heterocycles. The van der Waals surface area contributed by atoms with Crippen LogP contribution in [0.5, 0.6) is 0 Å². The maximum Gasteiger partial charge on any atom is 6.00 e. The van der Waals surface area contributed by atoms with Crippen LogP contribution in [0.2, 0.25) is 0 Å². The first-order chi connectivity index (χ1) is 0. The summed E-state index contributed by atoms with van der Waals surface area (Å²) in [6, 6.07) is 0. The molecular formula is MoO3Te. The molecule has 30 valence electrons. The van der Waals surface area contributed by atoms with Gasteiger partial charge in [0, 0.05) is 23.7 Å². The van der Waals surface area contributed by atoms with E-state index in [1.807, 2.05) is 0 Å². The Morgan fingerprint density at radius 2 is 0.600 bits per heavy atom. The van der Waals surface area contributed by atoms with Crippen molar-refractivity contribution in [2.45, 2.75) is 0 Å². The first-order valence-corrected chi connectivity index (χ1v) is 0. The van der Waals surface area contributed by atoms with Crippen molar-refractivity contribution in [3.63, 3.8) is 0 Å². The van der Waals surface area contributed by atoms with Gasteiger partial charge in [-0.2, -0.15) is 0 Å². The third-order valence-corrected chi connectivity index (χ3v) is 0. The van der Waals surface area contributed by atoms with Gasteiger partial charge in [-0.1, -0.05) is 0 Å². The zero-order chi connectivity index (χ0) is 0. The van der Waals surface area contributed by atoms with Crippen molar-refractivity contribution in [1.29, 1.82) is 0 Å². The van der Waals surface area contributed by atoms with Gasteiger partial charge in [0.25, 0.3) is 0 Å². The SMILES string of the molecule is [Mo+6].[O-2].[O-2].[O-2].[Te]. The third kappa shape index (κ3) is 32.8. The van der Waals surface area contributed by atoms with Gasteiger partial charge in [-0.3, -0.25) is 0 Å². The first-order valence-electron chi connectivity index (χ1n) is 0. The second kappa shape index (κ2) is 55.2. The fraction of sp³-hybridized carbons (Fsp3) is 0. The third-order valence-electron chi connectivity index (χ3n) is 0. The molecule has 0 aromatic heterocycles. The zero-order valence-electron chi connectivity index (χ0n) is 2.04. The Bertz CT molecular complexity index is 6.85. The van der Waals surface area contributed by atoms with Crippen LogP contribution in [0.25, 0.3) is 0 Å². The minimum Gasteiger partial charge on any atom is -2.00 e. The van der Waals surface area contributed by atoms with Gasteiger partial charge in [-0.15, -0.1) is 0 Å². The Balaban J connectivity index is 0. The summed E-state index contributed by atoms with van der Waals surface area (Å²) >= 11 is 0. The Kier molecular flexibility index (Phi) is 1090. The van der Waals surface area contributed by atoms with Crippen molar-refractivity contribution in [3.8, 4) is 0 Å². The largest absolute Gasteiger partial charge is 6.00 e. The van der Waals surface area contributed by atoms with Crippen LogP contribution in [-0.2, 0) is 37.5 Å². The van der Waals surface area contributed by atoms with E-state index in [0.29, 0.717) is 0 Å². The average Bonchev–Trinajstić information content (AvgIpc) is 0. The van der Waals surface area contributed by atoms with Crippen LogP contribution in [0.3, 0.4) is 0 Å². The van der Waals surface area contributed by atoms with Gasteiger partial charge in [0.2, 0.25) is 0 Å². The Hall–Kier alpha value is 1.36. The second-order valence-electron chi connectivity index (χ2n) is 0. The summed E-state index contributed by atoms with van der Waals surface area (Å²) in [7, 11) is 0. The van der Waals surface area contributed by atoms with Gasteiger partial charge in [0.05, 0.1) is 0 Å². The van der Waals surface area contributed by atoms with E-state index in [-0.39, 0.29) is 61.2 Å². The van der Waals surface area contributed by atoms with E-state index in [9.17, 15) is 0 Å². The van der Waals surface area contributed by atoms with E-state index in [4.69, 9.17) is 0 Å². The van der Waals surface area contributed by atoms with Crippen LogP contribution in [0, 0.1) is 0 Å². The minimum atomic E-state index is 0. The maximum absolute atomic E-state index is 0. The molecule has 0 bridgehead atoms. The fourth-order valence-corrected chi connectivity index (χ4v) is 0. The van der Waals surface area contributed by atoms with Gasteiger partial charge >= 0.3 is 21.1 Å². The minimum absolute atomic E-state index is 0. The summed E-state index contributed by atoms with van der Waals surface area (Å²) < 4.78 is 0. The Morgan fingerprint density at radius 3 is 0.600 bits per heavy atom. The molecule has 0 aliphatic carbocycles. The first kappa shape index (κ1) is 99.0. The molecule has 0 atom stereocenters. The van der Waals surface area contributed by atoms with Crippen molar-refractivity contribution >= 4 is 23.7 Å². The van der Waals surface area contributed by atoms with Crippen LogP contribution in [-0.4, -0.2) is 23.7 Å². The van der Waals surface area contributed by atoms with Crippen LogP contribution in [0.1, 0.15) is 0 Å². The molecule has 0 rings (SSSR count). The summed E-state index contributed by atoms with van der Waals surface area (Å²) in [5.74, 6) is 0. The van der Waals surface area contributed by atoms with E-state index in [1.54, 1.807) is 0 Å². The molecule has 5 heavy (non-hydrogen) atoms. The van der Waals surface area contributed by atoms with E-state index in [2.05, 4.69) is 0 Å². The average molecular weight is 272 g/mol. The molecule has 0 unspecified atom stereocenters. The molecule has 0 N–H and O–H groups in total. The van der Waals surface area contributed by atoms with Gasteiger partial charge in [0.1, 0.15) is 0 Å². The van der Waals surface area contributed by atoms with E-state index < -0.39 is 0 Å². The fourth-order valence-electron chi connectivity index (χ4n) is 0. The number of hydrogen-bond donors (Lipinski definition) is 0. The Labute approximate surface area is 61.0 Å². The molecule has 5 heteroatoms. The van der Waals surface area contributed by atoms with Crippen LogP contribution >= 0.6 is 0 Å². The predicted molar refractivity (Wildman–Crippen MR) is 7.81 cm³/mol. The molecule has 0 amide bonds. The van der Waals surface area contributed by atoms with Crippen LogP contribution < -0.4 is 0 Å². The summed E-state index contributed by atoms with van der Waals surface area (Å²) in [5, 5.41) is 0. The molecule has 0 aromatic rings. The van der Waals surface area contributed by atoms with Gasteiger partial charge in [-0.05, 0) is 0 Å². The number of rotatable bonds is 0.